The SMILES string of the molecule is CC(CC(c1ccccc1)c1ccccc1)OC1CCCCC1. The molecule has 0 saturated heterocycles. The van der Waals surface area contributed by atoms with E-state index in [4.69, 9.17) is 4.74 Å². The van der Waals surface area contributed by atoms with Gasteiger partial charge in [-0.15, -0.1) is 0 Å². The monoisotopic (exact) mass is 308 g/mol. The molecule has 1 unspecified atom stereocenters. The second-order valence-corrected chi connectivity index (χ2v) is 6.82. The first kappa shape index (κ1) is 16.3. The Kier molecular flexibility index (Phi) is 5.87. The number of benzene rings is 2. The predicted octanol–water partition coefficient (Wildman–Crippen LogP) is 5.95. The lowest BCUT2D eigenvalue weighted by molar-refractivity contribution is -0.0257. The summed E-state index contributed by atoms with van der Waals surface area (Å²) >= 11 is 0. The molecule has 0 bridgehead atoms. The zero-order valence-electron chi connectivity index (χ0n) is 14.2. The molecule has 1 aliphatic rings. The van der Waals surface area contributed by atoms with E-state index >= 15 is 0 Å². The van der Waals surface area contributed by atoms with Crippen LogP contribution in [0.1, 0.15) is 62.5 Å². The maximum absolute atomic E-state index is 6.36. The summed E-state index contributed by atoms with van der Waals surface area (Å²) in [6.07, 6.45) is 8.35. The van der Waals surface area contributed by atoms with Gasteiger partial charge >= 0.3 is 0 Å². The van der Waals surface area contributed by atoms with Gasteiger partial charge in [0.05, 0.1) is 12.2 Å². The van der Waals surface area contributed by atoms with E-state index in [-0.39, 0.29) is 0 Å². The summed E-state index contributed by atoms with van der Waals surface area (Å²) < 4.78 is 6.36. The van der Waals surface area contributed by atoms with Crippen molar-refractivity contribution in [2.24, 2.45) is 0 Å². The minimum Gasteiger partial charge on any atom is -0.375 e. The third kappa shape index (κ3) is 4.68. The third-order valence-electron chi connectivity index (χ3n) is 4.95. The first-order valence-corrected chi connectivity index (χ1v) is 9.08. The van der Waals surface area contributed by atoms with Gasteiger partial charge in [-0.25, -0.2) is 0 Å². The topological polar surface area (TPSA) is 9.23 Å². The lowest BCUT2D eigenvalue weighted by Crippen LogP contribution is -2.24. The highest BCUT2D eigenvalue weighted by molar-refractivity contribution is 5.32. The predicted molar refractivity (Wildman–Crippen MR) is 96.8 cm³/mol. The van der Waals surface area contributed by atoms with Crippen LogP contribution >= 0.6 is 0 Å². The van der Waals surface area contributed by atoms with E-state index in [2.05, 4.69) is 67.6 Å². The maximum atomic E-state index is 6.36. The van der Waals surface area contributed by atoms with Gasteiger partial charge in [0.1, 0.15) is 0 Å². The Hall–Kier alpha value is -1.60. The summed E-state index contributed by atoms with van der Waals surface area (Å²) in [4.78, 5) is 0. The lowest BCUT2D eigenvalue weighted by atomic mass is 9.87. The van der Waals surface area contributed by atoms with E-state index in [0.717, 1.165) is 6.42 Å². The molecule has 0 aromatic heterocycles. The summed E-state index contributed by atoms with van der Waals surface area (Å²) in [5.74, 6) is 0.413. The van der Waals surface area contributed by atoms with Crippen molar-refractivity contribution in [1.82, 2.24) is 0 Å². The van der Waals surface area contributed by atoms with Gasteiger partial charge in [-0.2, -0.15) is 0 Å². The van der Waals surface area contributed by atoms with Crippen LogP contribution in [0, 0.1) is 0 Å². The molecule has 0 N–H and O–H groups in total. The lowest BCUT2D eigenvalue weighted by Gasteiger charge is -2.28. The van der Waals surface area contributed by atoms with Crippen molar-refractivity contribution in [3.05, 3.63) is 71.8 Å². The summed E-state index contributed by atoms with van der Waals surface area (Å²) in [5.41, 5.74) is 2.77. The van der Waals surface area contributed by atoms with E-state index in [0.29, 0.717) is 18.1 Å². The number of ether oxygens (including phenoxy) is 1. The Balaban J connectivity index is 1.71. The van der Waals surface area contributed by atoms with Crippen LogP contribution in [0.5, 0.6) is 0 Å². The Bertz CT molecular complexity index is 518. The van der Waals surface area contributed by atoms with E-state index in [1.807, 2.05) is 0 Å². The van der Waals surface area contributed by atoms with Crippen LogP contribution in [0.4, 0.5) is 0 Å². The molecule has 1 saturated carbocycles. The molecule has 0 aliphatic heterocycles. The molecule has 1 atom stereocenters. The van der Waals surface area contributed by atoms with Crippen LogP contribution in [0.3, 0.4) is 0 Å². The molecular formula is C22H28O. The fraction of sp³-hybridized carbons (Fsp3) is 0.455. The Labute approximate surface area is 140 Å². The standard InChI is InChI=1S/C22H28O/c1-18(23-21-15-9-4-10-16-21)17-22(19-11-5-2-6-12-19)20-13-7-3-8-14-20/h2-3,5-8,11-14,18,21-22H,4,9-10,15-17H2,1H3. The van der Waals surface area contributed by atoms with Gasteiger partial charge in [-0.1, -0.05) is 79.9 Å². The molecule has 3 rings (SSSR count). The minimum atomic E-state index is 0.295. The zero-order valence-corrected chi connectivity index (χ0v) is 14.2. The Morgan fingerprint density at radius 3 is 1.87 bits per heavy atom. The normalized spacial score (nSPS) is 17.3. The van der Waals surface area contributed by atoms with Gasteiger partial charge in [-0.05, 0) is 37.3 Å². The highest BCUT2D eigenvalue weighted by atomic mass is 16.5. The summed E-state index contributed by atoms with van der Waals surface area (Å²) in [6, 6.07) is 21.7. The average Bonchev–Trinajstić information content (AvgIpc) is 2.62. The van der Waals surface area contributed by atoms with Crippen LogP contribution < -0.4 is 0 Å². The molecule has 23 heavy (non-hydrogen) atoms. The van der Waals surface area contributed by atoms with Crippen LogP contribution in [0.2, 0.25) is 0 Å². The van der Waals surface area contributed by atoms with E-state index in [9.17, 15) is 0 Å². The molecule has 1 aliphatic carbocycles. The van der Waals surface area contributed by atoms with Crippen molar-refractivity contribution in [2.45, 2.75) is 63.6 Å². The second kappa shape index (κ2) is 8.31. The smallest absolute Gasteiger partial charge is 0.0578 e. The van der Waals surface area contributed by atoms with Gasteiger partial charge in [0.2, 0.25) is 0 Å². The number of hydrogen-bond acceptors (Lipinski definition) is 1. The molecule has 1 fully saturated rings. The van der Waals surface area contributed by atoms with Gasteiger partial charge in [0.25, 0.3) is 0 Å². The van der Waals surface area contributed by atoms with E-state index < -0.39 is 0 Å². The van der Waals surface area contributed by atoms with Gasteiger partial charge in [0.15, 0.2) is 0 Å². The minimum absolute atomic E-state index is 0.295. The highest BCUT2D eigenvalue weighted by Gasteiger charge is 2.21. The van der Waals surface area contributed by atoms with Crippen LogP contribution in [-0.2, 0) is 4.74 Å². The molecule has 2 aromatic rings. The molecule has 1 nitrogen and oxygen atoms in total. The summed E-state index contributed by atoms with van der Waals surface area (Å²) in [5, 5.41) is 0. The van der Waals surface area contributed by atoms with Crippen molar-refractivity contribution in [1.29, 1.82) is 0 Å². The van der Waals surface area contributed by atoms with Gasteiger partial charge < -0.3 is 4.74 Å². The van der Waals surface area contributed by atoms with E-state index in [1.165, 1.54) is 43.2 Å². The molecule has 2 aromatic carbocycles. The molecule has 0 spiro atoms. The third-order valence-corrected chi connectivity index (χ3v) is 4.95. The largest absolute Gasteiger partial charge is 0.375 e. The summed E-state index contributed by atoms with van der Waals surface area (Å²) in [6.45, 7) is 2.24. The Morgan fingerprint density at radius 2 is 1.35 bits per heavy atom. The van der Waals surface area contributed by atoms with Gasteiger partial charge in [-0.3, -0.25) is 0 Å². The van der Waals surface area contributed by atoms with Crippen molar-refractivity contribution >= 4 is 0 Å². The number of rotatable bonds is 6. The highest BCUT2D eigenvalue weighted by Crippen LogP contribution is 2.31. The fourth-order valence-electron chi connectivity index (χ4n) is 3.75. The average molecular weight is 308 g/mol. The molecular weight excluding hydrogens is 280 g/mol. The zero-order chi connectivity index (χ0) is 15.9. The van der Waals surface area contributed by atoms with Crippen LogP contribution in [0.15, 0.2) is 60.7 Å². The molecule has 0 radical (unpaired) electrons. The van der Waals surface area contributed by atoms with Crippen molar-refractivity contribution in [3.8, 4) is 0 Å². The van der Waals surface area contributed by atoms with Crippen molar-refractivity contribution < 1.29 is 4.74 Å². The first-order valence-electron chi connectivity index (χ1n) is 9.08. The van der Waals surface area contributed by atoms with E-state index in [1.54, 1.807) is 0 Å². The fourth-order valence-corrected chi connectivity index (χ4v) is 3.75. The second-order valence-electron chi connectivity index (χ2n) is 6.82. The first-order chi connectivity index (χ1) is 11.3. The molecule has 1 heteroatoms. The molecule has 0 amide bonds. The van der Waals surface area contributed by atoms with Crippen molar-refractivity contribution in [3.63, 3.8) is 0 Å². The van der Waals surface area contributed by atoms with Crippen LogP contribution in [0.25, 0.3) is 0 Å². The molecule has 0 heterocycles. The van der Waals surface area contributed by atoms with Gasteiger partial charge in [0, 0.05) is 5.92 Å². The van der Waals surface area contributed by atoms with Crippen LogP contribution in [-0.4, -0.2) is 12.2 Å². The maximum Gasteiger partial charge on any atom is 0.0578 e. The Morgan fingerprint density at radius 1 is 0.826 bits per heavy atom. The quantitative estimate of drug-likeness (QED) is 0.641. The van der Waals surface area contributed by atoms with Crippen molar-refractivity contribution in [2.75, 3.05) is 0 Å². The molecule has 122 valence electrons. The number of hydrogen-bond donors (Lipinski definition) is 0. The summed E-state index contributed by atoms with van der Waals surface area (Å²) in [7, 11) is 0.